The fourth-order valence-electron chi connectivity index (χ4n) is 5.15. The molecule has 11 nitrogen and oxygen atoms in total. The highest BCUT2D eigenvalue weighted by molar-refractivity contribution is 6.30. The number of rotatable bonds is 9. The summed E-state index contributed by atoms with van der Waals surface area (Å²) in [7, 11) is 1.63. The van der Waals surface area contributed by atoms with Crippen LogP contribution in [0.2, 0.25) is 5.02 Å². The van der Waals surface area contributed by atoms with Gasteiger partial charge in [-0.25, -0.2) is 4.39 Å². The number of carbonyl (C=O) groups excluding carboxylic acids is 4. The highest BCUT2D eigenvalue weighted by Crippen LogP contribution is 2.34. The van der Waals surface area contributed by atoms with E-state index in [0.717, 1.165) is 0 Å². The molecule has 0 spiro atoms. The molecule has 3 aromatic rings. The summed E-state index contributed by atoms with van der Waals surface area (Å²) in [6.07, 6.45) is 0.209. The summed E-state index contributed by atoms with van der Waals surface area (Å²) in [4.78, 5) is 54.8. The molecule has 0 saturated carbocycles. The minimum Gasteiger partial charge on any atom is -0.491 e. The molecule has 3 aromatic carbocycles. The summed E-state index contributed by atoms with van der Waals surface area (Å²) < 4.78 is 32.3. The van der Waals surface area contributed by atoms with Crippen molar-refractivity contribution in [1.29, 1.82) is 0 Å². The molecule has 49 heavy (non-hydrogen) atoms. The first-order valence-electron chi connectivity index (χ1n) is 16.1. The molecule has 0 bridgehead atoms. The number of fused-ring (bicyclic) bond motifs is 1. The Bertz CT molecular complexity index is 1640. The van der Waals surface area contributed by atoms with E-state index < -0.39 is 41.7 Å². The van der Waals surface area contributed by atoms with Crippen molar-refractivity contribution in [2.24, 2.45) is 5.92 Å². The van der Waals surface area contributed by atoms with Gasteiger partial charge in [-0.1, -0.05) is 49.7 Å². The standard InChI is InChI=1S/C36H42ClFN4O7/c1-22(2)19-29-36(46)42(4)17-18-47-30-13-6-5-11-26(30)34(44)41-28(15-16-32(43)40-29)35(45)39-23(3)21-48-33-27(38)12-8-14-31(33)49-25-10-7-9-24(37)20-25/h5-14,20,22-23,28-29H,15-19,21H2,1-4H3,(H,39,45)(H,40,43)(H,41,44)/t23-,28+,29+/m1/s1. The molecule has 262 valence electrons. The Morgan fingerprint density at radius 3 is 2.57 bits per heavy atom. The maximum Gasteiger partial charge on any atom is 0.255 e. The van der Waals surface area contributed by atoms with Gasteiger partial charge in [-0.3, -0.25) is 19.2 Å². The number of benzene rings is 3. The fourth-order valence-corrected chi connectivity index (χ4v) is 5.33. The second-order valence-electron chi connectivity index (χ2n) is 12.3. The average Bonchev–Trinajstić information content (AvgIpc) is 3.05. The van der Waals surface area contributed by atoms with Crippen molar-refractivity contribution in [3.63, 3.8) is 0 Å². The molecular formula is C36H42ClFN4O7. The van der Waals surface area contributed by atoms with Crippen molar-refractivity contribution in [3.8, 4) is 23.0 Å². The van der Waals surface area contributed by atoms with Gasteiger partial charge in [0.2, 0.25) is 17.7 Å². The zero-order valence-electron chi connectivity index (χ0n) is 28.0. The monoisotopic (exact) mass is 696 g/mol. The first-order valence-corrected chi connectivity index (χ1v) is 16.5. The third kappa shape index (κ3) is 10.8. The summed E-state index contributed by atoms with van der Waals surface area (Å²) in [5.41, 5.74) is 0.189. The first kappa shape index (κ1) is 37.0. The second kappa shape index (κ2) is 17.5. The Hall–Kier alpha value is -4.84. The van der Waals surface area contributed by atoms with Gasteiger partial charge < -0.3 is 35.1 Å². The minimum absolute atomic E-state index is 0.0661. The first-order chi connectivity index (χ1) is 23.4. The molecule has 4 rings (SSSR count). The van der Waals surface area contributed by atoms with Crippen LogP contribution < -0.4 is 30.2 Å². The maximum atomic E-state index is 14.8. The van der Waals surface area contributed by atoms with Crippen molar-refractivity contribution in [2.75, 3.05) is 26.8 Å². The number of halogens is 2. The average molecular weight is 697 g/mol. The molecule has 1 aliphatic rings. The molecule has 4 amide bonds. The van der Waals surface area contributed by atoms with Gasteiger partial charge >= 0.3 is 0 Å². The van der Waals surface area contributed by atoms with Crippen LogP contribution in [0.3, 0.4) is 0 Å². The maximum absolute atomic E-state index is 14.8. The fraction of sp³-hybridized carbons (Fsp3) is 0.389. The smallest absolute Gasteiger partial charge is 0.255 e. The Morgan fingerprint density at radius 1 is 1.06 bits per heavy atom. The van der Waals surface area contributed by atoms with E-state index in [1.807, 2.05) is 13.8 Å². The lowest BCUT2D eigenvalue weighted by molar-refractivity contribution is -0.136. The Balaban J connectivity index is 1.49. The van der Waals surface area contributed by atoms with Crippen molar-refractivity contribution in [1.82, 2.24) is 20.9 Å². The third-order valence-electron chi connectivity index (χ3n) is 7.64. The number of carbonyl (C=O) groups is 4. The second-order valence-corrected chi connectivity index (χ2v) is 12.7. The zero-order valence-corrected chi connectivity index (χ0v) is 28.7. The van der Waals surface area contributed by atoms with Crippen LogP contribution in [-0.2, 0) is 14.4 Å². The van der Waals surface area contributed by atoms with Gasteiger partial charge in [0.05, 0.1) is 18.2 Å². The largest absolute Gasteiger partial charge is 0.491 e. The number of nitrogens with one attached hydrogen (secondary N) is 3. The molecule has 1 heterocycles. The molecule has 0 unspecified atom stereocenters. The molecule has 0 aliphatic carbocycles. The highest BCUT2D eigenvalue weighted by atomic mass is 35.5. The molecular weight excluding hydrogens is 655 g/mol. The van der Waals surface area contributed by atoms with Crippen LogP contribution in [-0.4, -0.2) is 73.5 Å². The van der Waals surface area contributed by atoms with Crippen LogP contribution in [0.1, 0.15) is 50.4 Å². The van der Waals surface area contributed by atoms with Crippen molar-refractivity contribution < 1.29 is 37.8 Å². The van der Waals surface area contributed by atoms with Gasteiger partial charge in [-0.2, -0.15) is 0 Å². The van der Waals surface area contributed by atoms with Crippen LogP contribution in [0.4, 0.5) is 4.39 Å². The van der Waals surface area contributed by atoms with Gasteiger partial charge in [0.25, 0.3) is 5.91 Å². The zero-order chi connectivity index (χ0) is 35.5. The number of ether oxygens (including phenoxy) is 3. The van der Waals surface area contributed by atoms with Gasteiger partial charge in [0.15, 0.2) is 17.3 Å². The van der Waals surface area contributed by atoms with Crippen LogP contribution in [0.5, 0.6) is 23.0 Å². The summed E-state index contributed by atoms with van der Waals surface area (Å²) in [5.74, 6) is -1.78. The van der Waals surface area contributed by atoms with Gasteiger partial charge in [0, 0.05) is 18.5 Å². The van der Waals surface area contributed by atoms with Crippen LogP contribution >= 0.6 is 11.6 Å². The summed E-state index contributed by atoms with van der Waals surface area (Å²) in [5, 5.41) is 8.77. The predicted octanol–water partition coefficient (Wildman–Crippen LogP) is 5.12. The molecule has 0 aromatic heterocycles. The normalized spacial score (nSPS) is 18.2. The van der Waals surface area contributed by atoms with Gasteiger partial charge in [-0.15, -0.1) is 0 Å². The quantitative estimate of drug-likeness (QED) is 0.283. The summed E-state index contributed by atoms with van der Waals surface area (Å²) in [6, 6.07) is 14.8. The summed E-state index contributed by atoms with van der Waals surface area (Å²) >= 11 is 6.05. The molecule has 0 radical (unpaired) electrons. The Labute approximate surface area is 290 Å². The number of para-hydroxylation sites is 2. The molecule has 3 N–H and O–H groups in total. The number of hydrogen-bond donors (Lipinski definition) is 3. The topological polar surface area (TPSA) is 135 Å². The van der Waals surface area contributed by atoms with Crippen LogP contribution in [0.15, 0.2) is 66.7 Å². The number of likely N-dealkylation sites (N-methyl/N-ethyl adjacent to an activating group) is 1. The van der Waals surface area contributed by atoms with E-state index in [-0.39, 0.29) is 67.2 Å². The van der Waals surface area contributed by atoms with E-state index >= 15 is 0 Å². The Kier molecular flexibility index (Phi) is 13.2. The highest BCUT2D eigenvalue weighted by Gasteiger charge is 2.29. The van der Waals surface area contributed by atoms with E-state index in [1.54, 1.807) is 68.6 Å². The molecule has 0 fully saturated rings. The lowest BCUT2D eigenvalue weighted by Crippen LogP contribution is -2.51. The number of hydrogen-bond acceptors (Lipinski definition) is 7. The van der Waals surface area contributed by atoms with E-state index in [2.05, 4.69) is 16.0 Å². The van der Waals surface area contributed by atoms with Gasteiger partial charge in [-0.05, 0) is 68.1 Å². The molecule has 3 atom stereocenters. The Morgan fingerprint density at radius 2 is 1.82 bits per heavy atom. The lowest BCUT2D eigenvalue weighted by atomic mass is 10.0. The molecule has 0 saturated heterocycles. The van der Waals surface area contributed by atoms with Crippen LogP contribution in [0.25, 0.3) is 0 Å². The van der Waals surface area contributed by atoms with E-state index in [0.29, 0.717) is 17.2 Å². The van der Waals surface area contributed by atoms with Gasteiger partial charge in [0.1, 0.15) is 36.8 Å². The predicted molar refractivity (Wildman–Crippen MR) is 182 cm³/mol. The molecule has 13 heteroatoms. The van der Waals surface area contributed by atoms with E-state index in [1.165, 1.54) is 17.0 Å². The van der Waals surface area contributed by atoms with E-state index in [9.17, 15) is 23.6 Å². The van der Waals surface area contributed by atoms with Crippen LogP contribution in [0, 0.1) is 11.7 Å². The lowest BCUT2D eigenvalue weighted by Gasteiger charge is -2.26. The van der Waals surface area contributed by atoms with Crippen molar-refractivity contribution in [3.05, 3.63) is 83.1 Å². The molecule has 1 aliphatic heterocycles. The summed E-state index contributed by atoms with van der Waals surface area (Å²) in [6.45, 7) is 5.74. The number of amides is 4. The minimum atomic E-state index is -1.14. The SMILES string of the molecule is CC(C)C[C@@H]1NC(=O)CC[C@@H](C(=O)N[C@H](C)COc2c(F)cccc2Oc2cccc(Cl)c2)NC(=O)c2ccccc2OCCN(C)C1=O. The van der Waals surface area contributed by atoms with E-state index in [4.69, 9.17) is 25.8 Å². The number of nitrogens with zero attached hydrogens (tertiary/aromatic N) is 1. The third-order valence-corrected chi connectivity index (χ3v) is 7.87. The van der Waals surface area contributed by atoms with Crippen molar-refractivity contribution >= 4 is 35.2 Å². The van der Waals surface area contributed by atoms with Crippen molar-refractivity contribution in [2.45, 2.75) is 58.2 Å².